The van der Waals surface area contributed by atoms with Crippen LogP contribution in [0.3, 0.4) is 0 Å². The lowest BCUT2D eigenvalue weighted by Gasteiger charge is -2.41. The molecule has 0 unspecified atom stereocenters. The Bertz CT molecular complexity index is 582. The molecule has 3 aliphatic rings. The van der Waals surface area contributed by atoms with Crippen molar-refractivity contribution < 1.29 is 13.9 Å². The Kier molecular flexibility index (Phi) is 3.44. The van der Waals surface area contributed by atoms with E-state index in [4.69, 9.17) is 4.74 Å². The smallest absolute Gasteiger partial charge is 0.233 e. The Morgan fingerprint density at radius 3 is 2.73 bits per heavy atom. The minimum absolute atomic E-state index is 0.202. The van der Waals surface area contributed by atoms with Gasteiger partial charge in [0.05, 0.1) is 5.41 Å². The van der Waals surface area contributed by atoms with Gasteiger partial charge in [-0.25, -0.2) is 4.39 Å². The SMILES string of the molecule is O=C(N1C[C@H]2CC[C@@H]1C2)C1(c2cccc(F)c2)CCOCC1. The largest absolute Gasteiger partial charge is 0.381 e. The predicted octanol–water partition coefficient (Wildman–Crippen LogP) is 2.88. The molecule has 2 bridgehead atoms. The summed E-state index contributed by atoms with van der Waals surface area (Å²) in [7, 11) is 0. The molecule has 1 amide bonds. The number of hydrogen-bond donors (Lipinski definition) is 0. The van der Waals surface area contributed by atoms with Crippen molar-refractivity contribution in [1.82, 2.24) is 4.90 Å². The number of benzene rings is 1. The van der Waals surface area contributed by atoms with Crippen molar-refractivity contribution in [2.45, 2.75) is 43.6 Å². The maximum Gasteiger partial charge on any atom is 0.233 e. The highest BCUT2D eigenvalue weighted by Crippen LogP contribution is 2.43. The van der Waals surface area contributed by atoms with Crippen LogP contribution in [0.5, 0.6) is 0 Å². The van der Waals surface area contributed by atoms with Gasteiger partial charge in [-0.15, -0.1) is 0 Å². The lowest BCUT2D eigenvalue weighted by atomic mass is 9.72. The lowest BCUT2D eigenvalue weighted by molar-refractivity contribution is -0.143. The standard InChI is InChI=1S/C18H22FNO2/c19-15-3-1-2-14(11-15)18(6-8-22-9-7-18)17(21)20-12-13-4-5-16(20)10-13/h1-3,11,13,16H,4-10,12H2/t13-,16+/m0/s1. The Morgan fingerprint density at radius 2 is 2.09 bits per heavy atom. The first-order valence-corrected chi connectivity index (χ1v) is 8.34. The minimum Gasteiger partial charge on any atom is -0.381 e. The molecule has 1 aliphatic carbocycles. The second kappa shape index (κ2) is 5.34. The number of rotatable bonds is 2. The van der Waals surface area contributed by atoms with Gasteiger partial charge in [0, 0.05) is 25.8 Å². The molecule has 1 saturated carbocycles. The number of hydrogen-bond acceptors (Lipinski definition) is 2. The van der Waals surface area contributed by atoms with Gasteiger partial charge in [0.15, 0.2) is 0 Å². The summed E-state index contributed by atoms with van der Waals surface area (Å²) in [4.78, 5) is 15.5. The average molecular weight is 303 g/mol. The van der Waals surface area contributed by atoms with Crippen LogP contribution in [-0.2, 0) is 14.9 Å². The van der Waals surface area contributed by atoms with Crippen molar-refractivity contribution in [3.63, 3.8) is 0 Å². The van der Waals surface area contributed by atoms with Crippen LogP contribution in [0, 0.1) is 11.7 Å². The molecular weight excluding hydrogens is 281 g/mol. The van der Waals surface area contributed by atoms with Crippen molar-refractivity contribution in [2.24, 2.45) is 5.92 Å². The number of fused-ring (bicyclic) bond motifs is 2. The van der Waals surface area contributed by atoms with E-state index in [0.29, 0.717) is 38.0 Å². The van der Waals surface area contributed by atoms with E-state index in [1.807, 2.05) is 6.07 Å². The molecule has 2 aliphatic heterocycles. The molecule has 118 valence electrons. The highest BCUT2D eigenvalue weighted by molar-refractivity contribution is 5.89. The normalized spacial score (nSPS) is 29.8. The first kappa shape index (κ1) is 14.2. The maximum absolute atomic E-state index is 13.7. The van der Waals surface area contributed by atoms with Crippen LogP contribution in [0.15, 0.2) is 24.3 Å². The molecule has 0 N–H and O–H groups in total. The van der Waals surface area contributed by atoms with Crippen LogP contribution in [0.25, 0.3) is 0 Å². The van der Waals surface area contributed by atoms with Crippen LogP contribution in [0.2, 0.25) is 0 Å². The number of amides is 1. The molecule has 1 aromatic rings. The summed E-state index contributed by atoms with van der Waals surface area (Å²) in [6.07, 6.45) is 4.85. The predicted molar refractivity (Wildman–Crippen MR) is 81.0 cm³/mol. The molecule has 4 rings (SSSR count). The number of nitrogens with zero attached hydrogens (tertiary/aromatic N) is 1. The minimum atomic E-state index is -0.592. The zero-order valence-corrected chi connectivity index (χ0v) is 12.8. The van der Waals surface area contributed by atoms with E-state index in [2.05, 4.69) is 4.90 Å². The topological polar surface area (TPSA) is 29.5 Å². The number of likely N-dealkylation sites (tertiary alicyclic amines) is 1. The molecule has 2 atom stereocenters. The third kappa shape index (κ3) is 2.16. The van der Waals surface area contributed by atoms with E-state index in [9.17, 15) is 9.18 Å². The lowest BCUT2D eigenvalue weighted by Crippen LogP contribution is -2.52. The van der Waals surface area contributed by atoms with Gasteiger partial charge in [-0.05, 0) is 55.7 Å². The van der Waals surface area contributed by atoms with E-state index >= 15 is 0 Å². The number of carbonyl (C=O) groups excluding carboxylic acids is 1. The summed E-state index contributed by atoms with van der Waals surface area (Å²) in [6.45, 7) is 2.04. The van der Waals surface area contributed by atoms with Crippen LogP contribution in [0.4, 0.5) is 4.39 Å². The molecule has 0 aromatic heterocycles. The van der Waals surface area contributed by atoms with Crippen LogP contribution in [0.1, 0.15) is 37.7 Å². The Morgan fingerprint density at radius 1 is 1.27 bits per heavy atom. The van der Waals surface area contributed by atoms with E-state index in [1.165, 1.54) is 18.6 Å². The van der Waals surface area contributed by atoms with Gasteiger partial charge >= 0.3 is 0 Å². The van der Waals surface area contributed by atoms with Crippen molar-refractivity contribution >= 4 is 5.91 Å². The van der Waals surface area contributed by atoms with Crippen molar-refractivity contribution in [1.29, 1.82) is 0 Å². The number of ether oxygens (including phenoxy) is 1. The molecule has 22 heavy (non-hydrogen) atoms. The van der Waals surface area contributed by atoms with Crippen molar-refractivity contribution in [3.05, 3.63) is 35.6 Å². The van der Waals surface area contributed by atoms with E-state index < -0.39 is 5.41 Å². The Balaban J connectivity index is 1.70. The van der Waals surface area contributed by atoms with E-state index in [-0.39, 0.29) is 11.7 Å². The quantitative estimate of drug-likeness (QED) is 0.841. The van der Waals surface area contributed by atoms with Gasteiger partial charge in [0.25, 0.3) is 0 Å². The summed E-state index contributed by atoms with van der Waals surface area (Å²) in [5, 5.41) is 0. The summed E-state index contributed by atoms with van der Waals surface area (Å²) >= 11 is 0. The number of halogens is 1. The fourth-order valence-electron chi connectivity index (χ4n) is 4.58. The molecule has 4 heteroatoms. The van der Waals surface area contributed by atoms with Gasteiger partial charge in [-0.2, -0.15) is 0 Å². The number of piperidine rings is 1. The second-order valence-corrected chi connectivity index (χ2v) is 7.00. The van der Waals surface area contributed by atoms with Crippen LogP contribution < -0.4 is 0 Å². The molecule has 0 spiro atoms. The molecule has 2 saturated heterocycles. The zero-order valence-electron chi connectivity index (χ0n) is 12.8. The Labute approximate surface area is 130 Å². The molecular formula is C18H22FNO2. The van der Waals surface area contributed by atoms with E-state index in [1.54, 1.807) is 6.07 Å². The summed E-state index contributed by atoms with van der Waals surface area (Å²) in [5.41, 5.74) is 0.230. The molecule has 3 fully saturated rings. The highest BCUT2D eigenvalue weighted by atomic mass is 19.1. The van der Waals surface area contributed by atoms with Crippen LogP contribution >= 0.6 is 0 Å². The van der Waals surface area contributed by atoms with Gasteiger partial charge in [0.1, 0.15) is 5.82 Å². The summed E-state index contributed by atoms with van der Waals surface area (Å²) in [5.74, 6) is 0.617. The molecule has 3 nitrogen and oxygen atoms in total. The maximum atomic E-state index is 13.7. The fraction of sp³-hybridized carbons (Fsp3) is 0.611. The average Bonchev–Trinajstić information content (AvgIpc) is 3.18. The van der Waals surface area contributed by atoms with Crippen molar-refractivity contribution in [2.75, 3.05) is 19.8 Å². The molecule has 1 aromatic carbocycles. The number of carbonyl (C=O) groups is 1. The van der Waals surface area contributed by atoms with Gasteiger partial charge < -0.3 is 9.64 Å². The Hall–Kier alpha value is -1.42. The second-order valence-electron chi connectivity index (χ2n) is 7.00. The highest BCUT2D eigenvalue weighted by Gasteiger charge is 2.49. The first-order valence-electron chi connectivity index (χ1n) is 8.34. The third-order valence-corrected chi connectivity index (χ3v) is 5.80. The molecule has 2 heterocycles. The van der Waals surface area contributed by atoms with Gasteiger partial charge in [-0.3, -0.25) is 4.79 Å². The third-order valence-electron chi connectivity index (χ3n) is 5.80. The fourth-order valence-corrected chi connectivity index (χ4v) is 4.58. The van der Waals surface area contributed by atoms with E-state index in [0.717, 1.165) is 24.9 Å². The molecule has 0 radical (unpaired) electrons. The summed E-state index contributed by atoms with van der Waals surface area (Å²) in [6, 6.07) is 7.01. The van der Waals surface area contributed by atoms with Gasteiger partial charge in [0.2, 0.25) is 5.91 Å². The summed E-state index contributed by atoms with van der Waals surface area (Å²) < 4.78 is 19.2. The zero-order chi connectivity index (χ0) is 15.2. The van der Waals surface area contributed by atoms with Crippen molar-refractivity contribution in [3.8, 4) is 0 Å². The monoisotopic (exact) mass is 303 g/mol. The van der Waals surface area contributed by atoms with Crippen LogP contribution in [-0.4, -0.2) is 36.6 Å². The van der Waals surface area contributed by atoms with Gasteiger partial charge in [-0.1, -0.05) is 12.1 Å². The first-order chi connectivity index (χ1) is 10.7.